The van der Waals surface area contributed by atoms with Gasteiger partial charge in [0.25, 0.3) is 0 Å². The summed E-state index contributed by atoms with van der Waals surface area (Å²) in [5, 5.41) is 2.49. The Morgan fingerprint density at radius 3 is 2.69 bits per heavy atom. The standard InChI is InChI=1S/C22H18ClN2O/c1-2-14-10-11-16-20(12-14)25(13-15-6-3-4-8-18(15)23)19-9-5-7-17(21(16)19)22(24)26/h3-10,12H,2,13H2,1H3,(H2,24,26). The molecule has 26 heavy (non-hydrogen) atoms. The number of aromatic nitrogens is 1. The molecule has 1 amide bonds. The average molecular weight is 362 g/mol. The molecule has 4 rings (SSSR count). The Balaban J connectivity index is 2.07. The van der Waals surface area contributed by atoms with Gasteiger partial charge < -0.3 is 10.3 Å². The van der Waals surface area contributed by atoms with E-state index in [9.17, 15) is 4.79 Å². The van der Waals surface area contributed by atoms with Gasteiger partial charge in [-0.05, 0) is 47.9 Å². The first-order chi connectivity index (χ1) is 12.6. The maximum absolute atomic E-state index is 12.0. The summed E-state index contributed by atoms with van der Waals surface area (Å²) in [5.41, 5.74) is 10.4. The van der Waals surface area contributed by atoms with Crippen LogP contribution < -0.4 is 5.73 Å². The predicted octanol–water partition coefficient (Wildman–Crippen LogP) is 4.96. The first-order valence-electron chi connectivity index (χ1n) is 8.59. The van der Waals surface area contributed by atoms with Gasteiger partial charge in [-0.25, -0.2) is 0 Å². The molecule has 1 heterocycles. The topological polar surface area (TPSA) is 48.0 Å². The second-order valence-electron chi connectivity index (χ2n) is 6.36. The SMILES string of the molecule is CCc1c[c]c2c3c(C(N)=O)cccc3n(Cc3ccccc3Cl)c2c1. The second kappa shape index (κ2) is 6.50. The van der Waals surface area contributed by atoms with Gasteiger partial charge in [0.1, 0.15) is 0 Å². The molecular formula is C22H18ClN2O. The lowest BCUT2D eigenvalue weighted by Crippen LogP contribution is -2.11. The summed E-state index contributed by atoms with van der Waals surface area (Å²) in [4.78, 5) is 12.0. The fraction of sp³-hybridized carbons (Fsp3) is 0.136. The molecule has 0 aliphatic rings. The van der Waals surface area contributed by atoms with E-state index in [4.69, 9.17) is 17.3 Å². The van der Waals surface area contributed by atoms with Gasteiger partial charge in [-0.2, -0.15) is 0 Å². The van der Waals surface area contributed by atoms with E-state index in [1.165, 1.54) is 5.56 Å². The summed E-state index contributed by atoms with van der Waals surface area (Å²) in [6, 6.07) is 21.0. The maximum atomic E-state index is 12.0. The van der Waals surface area contributed by atoms with E-state index in [1.807, 2.05) is 42.5 Å². The molecule has 129 valence electrons. The van der Waals surface area contributed by atoms with Crippen LogP contribution in [-0.4, -0.2) is 10.5 Å². The number of primary amides is 1. The Morgan fingerprint density at radius 2 is 1.96 bits per heavy atom. The molecule has 0 fully saturated rings. The van der Waals surface area contributed by atoms with Crippen LogP contribution in [0.3, 0.4) is 0 Å². The molecule has 4 aromatic rings. The van der Waals surface area contributed by atoms with Crippen molar-refractivity contribution >= 4 is 39.3 Å². The molecule has 0 saturated carbocycles. The number of fused-ring (bicyclic) bond motifs is 3. The highest BCUT2D eigenvalue weighted by atomic mass is 35.5. The number of halogens is 1. The molecule has 3 nitrogen and oxygen atoms in total. The van der Waals surface area contributed by atoms with E-state index >= 15 is 0 Å². The number of rotatable bonds is 4. The first kappa shape index (κ1) is 16.7. The number of benzene rings is 3. The molecule has 0 aliphatic heterocycles. The Bertz CT molecular complexity index is 1140. The number of hydrogen-bond donors (Lipinski definition) is 1. The van der Waals surface area contributed by atoms with Crippen LogP contribution in [0.2, 0.25) is 5.02 Å². The van der Waals surface area contributed by atoms with Crippen molar-refractivity contribution in [3.05, 3.63) is 82.4 Å². The fourth-order valence-electron chi connectivity index (χ4n) is 3.48. The smallest absolute Gasteiger partial charge is 0.249 e. The monoisotopic (exact) mass is 361 g/mol. The van der Waals surface area contributed by atoms with Crippen molar-refractivity contribution in [2.75, 3.05) is 0 Å². The van der Waals surface area contributed by atoms with Crippen LogP contribution in [0.15, 0.2) is 54.6 Å². The lowest BCUT2D eigenvalue weighted by Gasteiger charge is -2.10. The molecular weight excluding hydrogens is 344 g/mol. The molecule has 4 heteroatoms. The second-order valence-corrected chi connectivity index (χ2v) is 6.77. The quantitative estimate of drug-likeness (QED) is 0.548. The van der Waals surface area contributed by atoms with Gasteiger partial charge in [-0.3, -0.25) is 4.79 Å². The summed E-state index contributed by atoms with van der Waals surface area (Å²) in [6.45, 7) is 2.73. The zero-order valence-electron chi connectivity index (χ0n) is 14.4. The number of carbonyl (C=O) groups excluding carboxylic acids is 1. The highest BCUT2D eigenvalue weighted by molar-refractivity contribution is 6.31. The van der Waals surface area contributed by atoms with Crippen molar-refractivity contribution in [1.29, 1.82) is 0 Å². The number of aryl methyl sites for hydroxylation is 1. The molecule has 0 saturated heterocycles. The van der Waals surface area contributed by atoms with Gasteiger partial charge in [0.05, 0.1) is 11.0 Å². The fourth-order valence-corrected chi connectivity index (χ4v) is 3.67. The molecule has 1 radical (unpaired) electrons. The molecule has 0 atom stereocenters. The van der Waals surface area contributed by atoms with Gasteiger partial charge in [-0.1, -0.05) is 48.9 Å². The van der Waals surface area contributed by atoms with E-state index in [2.05, 4.69) is 23.6 Å². The molecule has 0 spiro atoms. The Hall–Kier alpha value is -2.78. The molecule has 3 aromatic carbocycles. The van der Waals surface area contributed by atoms with Crippen molar-refractivity contribution in [2.24, 2.45) is 5.73 Å². The third-order valence-corrected chi connectivity index (χ3v) is 5.18. The van der Waals surface area contributed by atoms with E-state index in [-0.39, 0.29) is 0 Å². The van der Waals surface area contributed by atoms with Gasteiger partial charge in [0, 0.05) is 27.9 Å². The lowest BCUT2D eigenvalue weighted by molar-refractivity contribution is 0.100. The average Bonchev–Trinajstić information content (AvgIpc) is 2.96. The van der Waals surface area contributed by atoms with Gasteiger partial charge in [0.15, 0.2) is 0 Å². The van der Waals surface area contributed by atoms with Gasteiger partial charge in [0.2, 0.25) is 5.91 Å². The van der Waals surface area contributed by atoms with Crippen LogP contribution in [0, 0.1) is 6.07 Å². The van der Waals surface area contributed by atoms with Crippen LogP contribution in [0.4, 0.5) is 0 Å². The van der Waals surface area contributed by atoms with Crippen LogP contribution in [0.5, 0.6) is 0 Å². The summed E-state index contributed by atoms with van der Waals surface area (Å²) < 4.78 is 2.19. The van der Waals surface area contributed by atoms with Crippen molar-refractivity contribution < 1.29 is 4.79 Å². The van der Waals surface area contributed by atoms with E-state index < -0.39 is 5.91 Å². The highest BCUT2D eigenvalue weighted by Gasteiger charge is 2.17. The van der Waals surface area contributed by atoms with Gasteiger partial charge >= 0.3 is 0 Å². The normalized spacial score (nSPS) is 11.3. The summed E-state index contributed by atoms with van der Waals surface area (Å²) in [7, 11) is 0. The highest BCUT2D eigenvalue weighted by Crippen LogP contribution is 2.33. The van der Waals surface area contributed by atoms with Crippen molar-refractivity contribution in [1.82, 2.24) is 4.57 Å². The van der Waals surface area contributed by atoms with E-state index in [0.29, 0.717) is 12.1 Å². The third kappa shape index (κ3) is 2.65. The van der Waals surface area contributed by atoms with E-state index in [1.54, 1.807) is 6.07 Å². The van der Waals surface area contributed by atoms with Crippen LogP contribution in [0.1, 0.15) is 28.4 Å². The van der Waals surface area contributed by atoms with Crippen LogP contribution in [-0.2, 0) is 13.0 Å². The van der Waals surface area contributed by atoms with Crippen molar-refractivity contribution in [3.63, 3.8) is 0 Å². The number of amides is 1. The molecule has 0 unspecified atom stereocenters. The molecule has 1 aromatic heterocycles. The minimum Gasteiger partial charge on any atom is -0.366 e. The van der Waals surface area contributed by atoms with Crippen molar-refractivity contribution in [2.45, 2.75) is 19.9 Å². The largest absolute Gasteiger partial charge is 0.366 e. The van der Waals surface area contributed by atoms with Crippen molar-refractivity contribution in [3.8, 4) is 0 Å². The minimum absolute atomic E-state index is 0.430. The first-order valence-corrected chi connectivity index (χ1v) is 8.96. The Morgan fingerprint density at radius 1 is 1.15 bits per heavy atom. The zero-order chi connectivity index (χ0) is 18.3. The van der Waals surface area contributed by atoms with E-state index in [0.717, 1.165) is 38.8 Å². The zero-order valence-corrected chi connectivity index (χ0v) is 15.2. The summed E-state index contributed by atoms with van der Waals surface area (Å²) >= 11 is 6.39. The van der Waals surface area contributed by atoms with Crippen LogP contribution >= 0.6 is 11.6 Å². The minimum atomic E-state index is -0.430. The third-order valence-electron chi connectivity index (χ3n) is 4.81. The predicted molar refractivity (Wildman–Crippen MR) is 107 cm³/mol. The number of nitrogens with zero attached hydrogens (tertiary/aromatic N) is 1. The maximum Gasteiger partial charge on any atom is 0.249 e. The Labute approximate surface area is 157 Å². The summed E-state index contributed by atoms with van der Waals surface area (Å²) in [6.07, 6.45) is 0.919. The molecule has 2 N–H and O–H groups in total. The summed E-state index contributed by atoms with van der Waals surface area (Å²) in [5.74, 6) is -0.430. The number of nitrogens with two attached hydrogens (primary N) is 1. The Kier molecular flexibility index (Phi) is 4.17. The number of hydrogen-bond acceptors (Lipinski definition) is 1. The lowest BCUT2D eigenvalue weighted by atomic mass is 10.0. The van der Waals surface area contributed by atoms with Crippen LogP contribution in [0.25, 0.3) is 21.8 Å². The number of carbonyl (C=O) groups is 1. The molecule has 0 aliphatic carbocycles. The van der Waals surface area contributed by atoms with Gasteiger partial charge in [-0.15, -0.1) is 0 Å². The molecule has 0 bridgehead atoms.